The lowest BCUT2D eigenvalue weighted by atomic mass is 9.86. The molecule has 3 unspecified atom stereocenters. The van der Waals surface area contributed by atoms with Crippen molar-refractivity contribution in [2.45, 2.75) is 44.2 Å². The maximum Gasteiger partial charge on any atom is 0.317 e. The summed E-state index contributed by atoms with van der Waals surface area (Å²) in [5, 5.41) is 13.1. The lowest BCUT2D eigenvalue weighted by Gasteiger charge is -2.32. The van der Waals surface area contributed by atoms with Crippen LogP contribution < -0.4 is 10.1 Å². The summed E-state index contributed by atoms with van der Waals surface area (Å²) in [6.45, 7) is 1.11. The second-order valence-corrected chi connectivity index (χ2v) is 6.76. The molecule has 0 bridgehead atoms. The molecular formula is C18H26N2O3. The van der Waals surface area contributed by atoms with Crippen LogP contribution in [0.5, 0.6) is 5.75 Å². The minimum atomic E-state index is -0.274. The van der Waals surface area contributed by atoms with Gasteiger partial charge in [-0.15, -0.1) is 0 Å². The number of aliphatic hydroxyl groups is 1. The Hall–Kier alpha value is -1.75. The number of nitrogens with one attached hydrogen (secondary N) is 1. The first-order valence-corrected chi connectivity index (χ1v) is 8.54. The third-order valence-corrected chi connectivity index (χ3v) is 4.93. The van der Waals surface area contributed by atoms with Crippen LogP contribution in [0.3, 0.4) is 0 Å². The van der Waals surface area contributed by atoms with Crippen molar-refractivity contribution >= 4 is 6.03 Å². The van der Waals surface area contributed by atoms with Gasteiger partial charge in [0.05, 0.1) is 12.1 Å². The van der Waals surface area contributed by atoms with Gasteiger partial charge in [-0.2, -0.15) is 0 Å². The molecule has 5 nitrogen and oxygen atoms in total. The number of ether oxygens (including phenoxy) is 1. The number of rotatable bonds is 3. The van der Waals surface area contributed by atoms with E-state index in [4.69, 9.17) is 4.74 Å². The van der Waals surface area contributed by atoms with Crippen molar-refractivity contribution in [3.8, 4) is 5.75 Å². The summed E-state index contributed by atoms with van der Waals surface area (Å²) < 4.78 is 5.71. The predicted octanol–water partition coefficient (Wildman–Crippen LogP) is 2.18. The number of urea groups is 1. The van der Waals surface area contributed by atoms with Gasteiger partial charge < -0.3 is 20.1 Å². The fourth-order valence-electron chi connectivity index (χ4n) is 3.54. The molecule has 0 aromatic heterocycles. The Morgan fingerprint density at radius 3 is 2.96 bits per heavy atom. The molecule has 1 heterocycles. The molecule has 5 heteroatoms. The number of hydrogen-bond acceptors (Lipinski definition) is 3. The molecule has 3 atom stereocenters. The molecule has 0 radical (unpaired) electrons. The molecule has 23 heavy (non-hydrogen) atoms. The van der Waals surface area contributed by atoms with E-state index in [1.165, 1.54) is 0 Å². The molecule has 1 aromatic carbocycles. The van der Waals surface area contributed by atoms with Gasteiger partial charge in [0, 0.05) is 19.5 Å². The number of hydrogen-bond donors (Lipinski definition) is 2. The van der Waals surface area contributed by atoms with Gasteiger partial charge in [-0.25, -0.2) is 4.79 Å². The van der Waals surface area contributed by atoms with Gasteiger partial charge in [-0.3, -0.25) is 0 Å². The summed E-state index contributed by atoms with van der Waals surface area (Å²) in [5.74, 6) is 1.11. The number of carbonyl (C=O) groups is 1. The monoisotopic (exact) mass is 318 g/mol. The van der Waals surface area contributed by atoms with Gasteiger partial charge in [0.25, 0.3) is 0 Å². The highest BCUT2D eigenvalue weighted by Crippen LogP contribution is 2.26. The standard InChI is InChI=1S/C18H26N2O3/c1-20(11-14-7-2-4-8-16(14)21)18(22)19-15-10-13-6-3-5-9-17(13)23-12-15/h3,5-6,9,14-16,21H,2,4,7-8,10-12H2,1H3,(H,19,22). The van der Waals surface area contributed by atoms with Crippen molar-refractivity contribution in [1.29, 1.82) is 0 Å². The maximum absolute atomic E-state index is 12.4. The predicted molar refractivity (Wildman–Crippen MR) is 88.6 cm³/mol. The van der Waals surface area contributed by atoms with Gasteiger partial charge in [0.1, 0.15) is 12.4 Å². The highest BCUT2D eigenvalue weighted by molar-refractivity contribution is 5.74. The molecular weight excluding hydrogens is 292 g/mol. The third kappa shape index (κ3) is 3.96. The van der Waals surface area contributed by atoms with Gasteiger partial charge in [-0.1, -0.05) is 31.0 Å². The number of nitrogens with zero attached hydrogens (tertiary/aromatic N) is 1. The van der Waals surface area contributed by atoms with Crippen LogP contribution in [-0.4, -0.2) is 48.4 Å². The molecule has 1 fully saturated rings. The fraction of sp³-hybridized carbons (Fsp3) is 0.611. The number of carbonyl (C=O) groups excluding carboxylic acids is 1. The Morgan fingerprint density at radius 1 is 1.35 bits per heavy atom. The van der Waals surface area contributed by atoms with E-state index < -0.39 is 0 Å². The van der Waals surface area contributed by atoms with E-state index in [1.54, 1.807) is 11.9 Å². The summed E-state index contributed by atoms with van der Waals surface area (Å²) in [6, 6.07) is 7.86. The lowest BCUT2D eigenvalue weighted by Crippen LogP contribution is -2.49. The van der Waals surface area contributed by atoms with E-state index in [0.29, 0.717) is 13.2 Å². The molecule has 2 N–H and O–H groups in total. The first-order chi connectivity index (χ1) is 11.1. The Bertz CT molecular complexity index is 549. The van der Waals surface area contributed by atoms with Crippen LogP contribution in [0, 0.1) is 5.92 Å². The fourth-order valence-corrected chi connectivity index (χ4v) is 3.54. The zero-order valence-electron chi connectivity index (χ0n) is 13.7. The second-order valence-electron chi connectivity index (χ2n) is 6.76. The van der Waals surface area contributed by atoms with E-state index in [2.05, 4.69) is 5.32 Å². The molecule has 0 spiro atoms. The van der Waals surface area contributed by atoms with Crippen molar-refractivity contribution < 1.29 is 14.6 Å². The molecule has 2 aliphatic rings. The topological polar surface area (TPSA) is 61.8 Å². The van der Waals surface area contributed by atoms with Crippen LogP contribution in [0.2, 0.25) is 0 Å². The van der Waals surface area contributed by atoms with Crippen molar-refractivity contribution in [2.24, 2.45) is 5.92 Å². The third-order valence-electron chi connectivity index (χ3n) is 4.93. The minimum absolute atomic E-state index is 0.00358. The van der Waals surface area contributed by atoms with E-state index in [0.717, 1.165) is 43.4 Å². The lowest BCUT2D eigenvalue weighted by molar-refractivity contribution is 0.0560. The summed E-state index contributed by atoms with van der Waals surface area (Å²) in [6.07, 6.45) is 4.61. The Kier molecular flexibility index (Phi) is 5.06. The van der Waals surface area contributed by atoms with Crippen LogP contribution >= 0.6 is 0 Å². The first kappa shape index (κ1) is 16.1. The maximum atomic E-state index is 12.4. The normalized spacial score (nSPS) is 26.8. The van der Waals surface area contributed by atoms with Crippen LogP contribution in [0.4, 0.5) is 4.79 Å². The molecule has 0 saturated heterocycles. The number of fused-ring (bicyclic) bond motifs is 1. The molecule has 1 aliphatic heterocycles. The van der Waals surface area contributed by atoms with Gasteiger partial charge >= 0.3 is 6.03 Å². The molecule has 1 aromatic rings. The van der Waals surface area contributed by atoms with Gasteiger partial charge in [-0.05, 0) is 30.9 Å². The first-order valence-electron chi connectivity index (χ1n) is 8.54. The number of amides is 2. The summed E-state index contributed by atoms with van der Waals surface area (Å²) in [5.41, 5.74) is 1.13. The quantitative estimate of drug-likeness (QED) is 0.898. The molecule has 3 rings (SSSR count). The number of para-hydroxylation sites is 1. The van der Waals surface area contributed by atoms with Crippen LogP contribution in [-0.2, 0) is 6.42 Å². The molecule has 2 amide bonds. The molecule has 126 valence electrons. The van der Waals surface area contributed by atoms with Crippen molar-refractivity contribution in [3.63, 3.8) is 0 Å². The van der Waals surface area contributed by atoms with Crippen molar-refractivity contribution in [3.05, 3.63) is 29.8 Å². The average molecular weight is 318 g/mol. The largest absolute Gasteiger partial charge is 0.491 e. The van der Waals surface area contributed by atoms with E-state index in [9.17, 15) is 9.90 Å². The van der Waals surface area contributed by atoms with Crippen molar-refractivity contribution in [2.75, 3.05) is 20.2 Å². The smallest absolute Gasteiger partial charge is 0.317 e. The Morgan fingerprint density at radius 2 is 2.13 bits per heavy atom. The van der Waals surface area contributed by atoms with Crippen molar-refractivity contribution in [1.82, 2.24) is 10.2 Å². The van der Waals surface area contributed by atoms with Gasteiger partial charge in [0.2, 0.25) is 0 Å². The van der Waals surface area contributed by atoms with Crippen LogP contribution in [0.25, 0.3) is 0 Å². The number of benzene rings is 1. The Balaban J connectivity index is 1.51. The van der Waals surface area contributed by atoms with Crippen LogP contribution in [0.1, 0.15) is 31.2 Å². The SMILES string of the molecule is CN(CC1CCCCC1O)C(=O)NC1COc2ccccc2C1. The molecule has 1 saturated carbocycles. The van der Waals surface area contributed by atoms with E-state index in [1.807, 2.05) is 24.3 Å². The average Bonchev–Trinajstić information content (AvgIpc) is 2.56. The molecule has 1 aliphatic carbocycles. The minimum Gasteiger partial charge on any atom is -0.491 e. The Labute approximate surface area is 137 Å². The second kappa shape index (κ2) is 7.21. The van der Waals surface area contributed by atoms with E-state index in [-0.39, 0.29) is 24.1 Å². The highest BCUT2D eigenvalue weighted by atomic mass is 16.5. The zero-order chi connectivity index (χ0) is 16.2. The zero-order valence-corrected chi connectivity index (χ0v) is 13.7. The van der Waals surface area contributed by atoms with E-state index >= 15 is 0 Å². The summed E-state index contributed by atoms with van der Waals surface area (Å²) in [7, 11) is 1.80. The summed E-state index contributed by atoms with van der Waals surface area (Å²) in [4.78, 5) is 14.1. The number of aliphatic hydroxyl groups excluding tert-OH is 1. The summed E-state index contributed by atoms with van der Waals surface area (Å²) >= 11 is 0. The highest BCUT2D eigenvalue weighted by Gasteiger charge is 2.27. The van der Waals surface area contributed by atoms with Crippen LogP contribution in [0.15, 0.2) is 24.3 Å². The van der Waals surface area contributed by atoms with Gasteiger partial charge in [0.15, 0.2) is 0 Å².